The fourth-order valence-electron chi connectivity index (χ4n) is 5.43. The van der Waals surface area contributed by atoms with Gasteiger partial charge in [0.05, 0.1) is 8.07 Å². The van der Waals surface area contributed by atoms with E-state index in [0.717, 1.165) is 34.8 Å². The predicted octanol–water partition coefficient (Wildman–Crippen LogP) is 7.22. The van der Waals surface area contributed by atoms with Crippen LogP contribution >= 0.6 is 18.6 Å². The Morgan fingerprint density at radius 1 is 0.926 bits per heavy atom. The molecule has 0 aliphatic heterocycles. The van der Waals surface area contributed by atoms with Gasteiger partial charge in [-0.2, -0.15) is 0 Å². The number of phenolic OH excluding ortho intramolecular Hbond substituents is 1. The number of aryl methyl sites for hydroxylation is 1. The molecule has 0 radical (unpaired) electrons. The van der Waals surface area contributed by atoms with E-state index in [1.165, 1.54) is 10.8 Å². The van der Waals surface area contributed by atoms with Gasteiger partial charge in [-0.3, -0.25) is 0 Å². The molecule has 1 fully saturated rings. The van der Waals surface area contributed by atoms with E-state index in [1.54, 1.807) is 0 Å². The summed E-state index contributed by atoms with van der Waals surface area (Å²) in [5.41, 5.74) is 3.09. The van der Waals surface area contributed by atoms with E-state index in [0.29, 0.717) is 5.75 Å². The van der Waals surface area contributed by atoms with Gasteiger partial charge in [0.1, 0.15) is 5.75 Å². The number of halogens is 2. The first-order valence-corrected chi connectivity index (χ1v) is 17.4. The van der Waals surface area contributed by atoms with E-state index in [2.05, 4.69) is 80.6 Å². The topological polar surface area (TPSA) is 20.2 Å². The molecule has 0 amide bonds. The second kappa shape index (κ2) is 9.56. The van der Waals surface area contributed by atoms with E-state index in [1.807, 2.05) is 0 Å². The van der Waals surface area contributed by atoms with Crippen LogP contribution in [0.15, 0.2) is 12.1 Å². The summed E-state index contributed by atoms with van der Waals surface area (Å²) in [6.07, 6.45) is 0. The first-order chi connectivity index (χ1) is 12.2. The average molecular weight is 465 g/mol. The van der Waals surface area contributed by atoms with Crippen molar-refractivity contribution in [2.75, 3.05) is 0 Å². The van der Waals surface area contributed by atoms with Crippen LogP contribution in [0, 0.1) is 30.6 Å². The van der Waals surface area contributed by atoms with Crippen molar-refractivity contribution in [1.82, 2.24) is 0 Å². The number of rotatable bonds is 2. The fourth-order valence-corrected chi connectivity index (χ4v) is 10.4. The maximum atomic E-state index is 11.2. The molecule has 0 spiro atoms. The van der Waals surface area contributed by atoms with Gasteiger partial charge in [-0.05, 0) is 52.3 Å². The minimum atomic E-state index is -1.79. The quantitative estimate of drug-likeness (QED) is 0.458. The van der Waals surface area contributed by atoms with Gasteiger partial charge in [-0.25, -0.2) is 0 Å². The van der Waals surface area contributed by atoms with Crippen molar-refractivity contribution in [3.05, 3.63) is 23.3 Å². The molecular weight excluding hydrogens is 427 g/mol. The zero-order chi connectivity index (χ0) is 21.3. The molecule has 4 atom stereocenters. The molecule has 2 rings (SSSR count). The van der Waals surface area contributed by atoms with Crippen LogP contribution in [0.4, 0.5) is 0 Å². The van der Waals surface area contributed by atoms with E-state index < -0.39 is 25.1 Å². The standard InChI is InChI=1S/C22H38OSi.2ClH.Ti/c1-13-11-18(22(6,7)8)20(23)19(12-13)24(9,10)21-16(4)14(2)15(3)17(21)5;;;/h11-12,14-17,21,23H,1-10H3;2*1H;/q;;;+2/p-2. The third-order valence-electron chi connectivity index (χ3n) is 7.21. The zero-order valence-corrected chi connectivity index (χ0v) is 22.8. The molecule has 27 heavy (non-hydrogen) atoms. The van der Waals surface area contributed by atoms with Crippen LogP contribution in [0.1, 0.15) is 59.6 Å². The van der Waals surface area contributed by atoms with Crippen molar-refractivity contribution in [3.63, 3.8) is 0 Å². The first-order valence-electron chi connectivity index (χ1n) is 10.0. The average Bonchev–Trinajstić information content (AvgIpc) is 2.72. The molecular formula is C22H38Cl2OSiTi. The number of hydrogen-bond donors (Lipinski definition) is 1. The Morgan fingerprint density at radius 2 is 1.33 bits per heavy atom. The zero-order valence-electron chi connectivity index (χ0n) is 18.7. The third-order valence-corrected chi connectivity index (χ3v) is 11.7. The molecule has 1 aromatic carbocycles. The van der Waals surface area contributed by atoms with E-state index in [4.69, 9.17) is 18.6 Å². The van der Waals surface area contributed by atoms with Crippen LogP contribution in [-0.2, 0) is 22.4 Å². The summed E-state index contributed by atoms with van der Waals surface area (Å²) in [6.45, 7) is 23.5. The maximum absolute atomic E-state index is 11.2. The van der Waals surface area contributed by atoms with Crippen LogP contribution in [0.25, 0.3) is 0 Å². The molecule has 5 heteroatoms. The van der Waals surface area contributed by atoms with Crippen LogP contribution in [0.3, 0.4) is 0 Å². The van der Waals surface area contributed by atoms with E-state index >= 15 is 0 Å². The van der Waals surface area contributed by atoms with Gasteiger partial charge in [0.25, 0.3) is 0 Å². The second-order valence-electron chi connectivity index (χ2n) is 10.2. The first kappa shape index (κ1) is 25.6. The molecule has 1 saturated carbocycles. The van der Waals surface area contributed by atoms with Crippen LogP contribution in [0.2, 0.25) is 18.6 Å². The summed E-state index contributed by atoms with van der Waals surface area (Å²) >= 11 is -0.556. The molecule has 0 aromatic heterocycles. The Balaban J connectivity index is 0.00000114. The van der Waals surface area contributed by atoms with Crippen molar-refractivity contribution in [2.45, 2.75) is 79.4 Å². The molecule has 0 bridgehead atoms. The van der Waals surface area contributed by atoms with E-state index in [9.17, 15) is 5.11 Å². The number of aromatic hydroxyl groups is 1. The number of benzene rings is 1. The van der Waals surface area contributed by atoms with Gasteiger partial charge in [0, 0.05) is 0 Å². The summed E-state index contributed by atoms with van der Waals surface area (Å²) in [4.78, 5) is 0. The van der Waals surface area contributed by atoms with Gasteiger partial charge < -0.3 is 5.11 Å². The van der Waals surface area contributed by atoms with Crippen molar-refractivity contribution in [1.29, 1.82) is 0 Å². The van der Waals surface area contributed by atoms with Crippen LogP contribution < -0.4 is 5.19 Å². The molecule has 0 heterocycles. The van der Waals surface area contributed by atoms with Crippen LogP contribution in [-0.4, -0.2) is 13.2 Å². The summed E-state index contributed by atoms with van der Waals surface area (Å²) in [5.74, 6) is 3.58. The minimum absolute atomic E-state index is 0.0250. The Morgan fingerprint density at radius 3 is 1.70 bits per heavy atom. The summed E-state index contributed by atoms with van der Waals surface area (Å²) in [7, 11) is 7.99. The summed E-state index contributed by atoms with van der Waals surface area (Å²) in [5, 5.41) is 12.5. The van der Waals surface area contributed by atoms with Crippen molar-refractivity contribution in [3.8, 4) is 5.75 Å². The molecule has 1 N–H and O–H groups in total. The molecule has 1 aliphatic rings. The van der Waals surface area contributed by atoms with E-state index in [-0.39, 0.29) is 5.41 Å². The Bertz CT molecular complexity index is 628. The van der Waals surface area contributed by atoms with Crippen LogP contribution in [0.5, 0.6) is 5.75 Å². The van der Waals surface area contributed by atoms with Gasteiger partial charge in [0.2, 0.25) is 0 Å². The third kappa shape index (κ3) is 5.37. The Kier molecular flexibility index (Phi) is 9.05. The number of phenols is 1. The summed E-state index contributed by atoms with van der Waals surface area (Å²) in [6, 6.07) is 4.46. The molecule has 1 nitrogen and oxygen atoms in total. The molecule has 154 valence electrons. The fraction of sp³-hybridized carbons (Fsp3) is 0.727. The van der Waals surface area contributed by atoms with Gasteiger partial charge in [-0.1, -0.05) is 79.3 Å². The van der Waals surface area contributed by atoms with Gasteiger partial charge in [-0.15, -0.1) is 0 Å². The second-order valence-corrected chi connectivity index (χ2v) is 17.4. The summed E-state index contributed by atoms with van der Waals surface area (Å²) < 4.78 is 0. The van der Waals surface area contributed by atoms with Gasteiger partial charge in [0.15, 0.2) is 0 Å². The molecule has 1 aromatic rings. The van der Waals surface area contributed by atoms with Crippen molar-refractivity contribution < 1.29 is 22.1 Å². The van der Waals surface area contributed by atoms with Crippen molar-refractivity contribution >= 4 is 31.9 Å². The normalized spacial score (nSPS) is 28.5. The Hall–Kier alpha value is 0.531. The molecule has 4 unspecified atom stereocenters. The van der Waals surface area contributed by atoms with Crippen molar-refractivity contribution in [2.24, 2.45) is 23.7 Å². The Labute approximate surface area is 185 Å². The molecule has 0 saturated heterocycles. The molecule has 1 aliphatic carbocycles. The van der Waals surface area contributed by atoms with Gasteiger partial charge >= 0.3 is 35.6 Å². The SMILES string of the molecule is Cc1cc(C(C)(C)C)c(O)c([Si](C)(C)C2C(C)C(C)C(C)C2C)c1.[Cl][Ti][Cl]. The number of hydrogen-bond acceptors (Lipinski definition) is 1. The predicted molar refractivity (Wildman–Crippen MR) is 121 cm³/mol. The monoisotopic (exact) mass is 464 g/mol.